The molecule has 27 heavy (non-hydrogen) atoms. The summed E-state index contributed by atoms with van der Waals surface area (Å²) in [5.74, 6) is 1.92. The molecule has 3 rings (SSSR count). The molecule has 1 N–H and O–H groups in total. The van der Waals surface area contributed by atoms with E-state index in [0.29, 0.717) is 6.54 Å². The highest BCUT2D eigenvalue weighted by atomic mass is 16.5. The second kappa shape index (κ2) is 8.75. The Morgan fingerprint density at radius 3 is 2.41 bits per heavy atom. The second-order valence-corrected chi connectivity index (χ2v) is 6.71. The fourth-order valence-corrected chi connectivity index (χ4v) is 3.32. The molecule has 1 amide bonds. The normalized spacial score (nSPS) is 15.1. The van der Waals surface area contributed by atoms with Gasteiger partial charge in [0.05, 0.1) is 13.7 Å². The Morgan fingerprint density at radius 2 is 1.74 bits per heavy atom. The van der Waals surface area contributed by atoms with Gasteiger partial charge in [0, 0.05) is 39.6 Å². The van der Waals surface area contributed by atoms with E-state index in [1.165, 1.54) is 10.9 Å². The highest BCUT2D eigenvalue weighted by Gasteiger charge is 2.20. The lowest BCUT2D eigenvalue weighted by molar-refractivity contribution is -0.130. The Hall–Kier alpha value is -2.76. The largest absolute Gasteiger partial charge is 0.497 e. The number of ether oxygens (including phenoxy) is 1. The van der Waals surface area contributed by atoms with E-state index in [1.54, 1.807) is 14.0 Å². The Labute approximate surface area is 160 Å². The van der Waals surface area contributed by atoms with Gasteiger partial charge in [-0.3, -0.25) is 4.79 Å². The quantitative estimate of drug-likeness (QED) is 0.665. The maximum absolute atomic E-state index is 11.5. The van der Waals surface area contributed by atoms with Crippen molar-refractivity contribution in [2.75, 3.05) is 39.8 Å². The molecule has 144 valence electrons. The van der Waals surface area contributed by atoms with Gasteiger partial charge in [-0.2, -0.15) is 0 Å². The number of nitrogens with one attached hydrogen (secondary N) is 1. The Bertz CT molecular complexity index is 826. The molecule has 1 heterocycles. The fraction of sp³-hybridized carbons (Fsp3) is 0.429. The molecule has 2 aromatic carbocycles. The van der Waals surface area contributed by atoms with E-state index in [2.05, 4.69) is 41.4 Å². The molecule has 0 bridgehead atoms. The number of carbonyl (C=O) groups excluding carboxylic acids is 1. The minimum Gasteiger partial charge on any atom is -0.497 e. The van der Waals surface area contributed by atoms with Crippen molar-refractivity contribution in [3.63, 3.8) is 0 Å². The van der Waals surface area contributed by atoms with Crippen molar-refractivity contribution in [2.24, 2.45) is 4.99 Å². The number of amides is 1. The molecule has 0 spiro atoms. The van der Waals surface area contributed by atoms with Crippen LogP contribution in [0.15, 0.2) is 41.4 Å². The smallest absolute Gasteiger partial charge is 0.219 e. The highest BCUT2D eigenvalue weighted by molar-refractivity contribution is 5.85. The Morgan fingerprint density at radius 1 is 1.07 bits per heavy atom. The number of rotatable bonds is 4. The molecule has 1 fully saturated rings. The van der Waals surface area contributed by atoms with Gasteiger partial charge in [-0.05, 0) is 41.5 Å². The molecule has 6 nitrogen and oxygen atoms in total. The average Bonchev–Trinajstić information content (AvgIpc) is 2.70. The number of guanidine groups is 1. The van der Waals surface area contributed by atoms with Crippen molar-refractivity contribution in [1.29, 1.82) is 0 Å². The molecule has 1 aliphatic heterocycles. The van der Waals surface area contributed by atoms with Crippen LogP contribution in [0.1, 0.15) is 19.4 Å². The van der Waals surface area contributed by atoms with Gasteiger partial charge in [0.2, 0.25) is 5.91 Å². The molecule has 0 saturated carbocycles. The van der Waals surface area contributed by atoms with Crippen LogP contribution in [-0.2, 0) is 11.3 Å². The van der Waals surface area contributed by atoms with Gasteiger partial charge < -0.3 is 19.9 Å². The summed E-state index contributed by atoms with van der Waals surface area (Å²) in [6, 6.07) is 12.5. The van der Waals surface area contributed by atoms with E-state index in [1.807, 2.05) is 17.0 Å². The topological polar surface area (TPSA) is 57.2 Å². The van der Waals surface area contributed by atoms with Gasteiger partial charge in [0.15, 0.2) is 5.96 Å². The molecular weight excluding hydrogens is 340 g/mol. The summed E-state index contributed by atoms with van der Waals surface area (Å²) < 4.78 is 5.29. The number of methoxy groups -OCH3 is 1. The first-order valence-corrected chi connectivity index (χ1v) is 9.46. The number of nitrogens with zero attached hydrogens (tertiary/aromatic N) is 3. The first-order valence-electron chi connectivity index (χ1n) is 9.46. The van der Waals surface area contributed by atoms with E-state index in [9.17, 15) is 4.79 Å². The summed E-state index contributed by atoms with van der Waals surface area (Å²) in [6.07, 6.45) is 0. The molecule has 0 radical (unpaired) electrons. The lowest BCUT2D eigenvalue weighted by atomic mass is 10.1. The molecule has 0 unspecified atom stereocenters. The zero-order chi connectivity index (χ0) is 19.2. The SMILES string of the molecule is CCNC(=NCc1ccc2cc(OC)ccc2c1)N1CCN(C(C)=O)CC1. The number of fused-ring (bicyclic) bond motifs is 1. The van der Waals surface area contributed by atoms with Crippen LogP contribution in [0.25, 0.3) is 10.8 Å². The second-order valence-electron chi connectivity index (χ2n) is 6.71. The highest BCUT2D eigenvalue weighted by Crippen LogP contribution is 2.22. The van der Waals surface area contributed by atoms with Crippen LogP contribution < -0.4 is 10.1 Å². The molecule has 0 aliphatic carbocycles. The standard InChI is InChI=1S/C21H28N4O2/c1-4-22-21(25-11-9-24(10-12-25)16(2)26)23-15-17-5-6-19-14-20(27-3)8-7-18(19)13-17/h5-8,13-14H,4,9-12,15H2,1-3H3,(H,22,23). The third-order valence-corrected chi connectivity index (χ3v) is 4.88. The zero-order valence-corrected chi connectivity index (χ0v) is 16.4. The third-order valence-electron chi connectivity index (χ3n) is 4.88. The van der Waals surface area contributed by atoms with Gasteiger partial charge >= 0.3 is 0 Å². The lowest BCUT2D eigenvalue weighted by Crippen LogP contribution is -2.53. The van der Waals surface area contributed by atoms with E-state index >= 15 is 0 Å². The van der Waals surface area contributed by atoms with E-state index in [-0.39, 0.29) is 5.91 Å². The summed E-state index contributed by atoms with van der Waals surface area (Å²) in [6.45, 7) is 8.26. The van der Waals surface area contributed by atoms with Crippen LogP contribution in [0, 0.1) is 0 Å². The van der Waals surface area contributed by atoms with E-state index in [0.717, 1.165) is 49.8 Å². The van der Waals surface area contributed by atoms with Crippen LogP contribution >= 0.6 is 0 Å². The van der Waals surface area contributed by atoms with Crippen LogP contribution in [0.5, 0.6) is 5.75 Å². The van der Waals surface area contributed by atoms with Gasteiger partial charge in [-0.1, -0.05) is 18.2 Å². The van der Waals surface area contributed by atoms with Gasteiger partial charge in [-0.15, -0.1) is 0 Å². The number of hydrogen-bond acceptors (Lipinski definition) is 3. The molecule has 6 heteroatoms. The molecule has 1 saturated heterocycles. The van der Waals surface area contributed by atoms with Crippen LogP contribution in [0.3, 0.4) is 0 Å². The maximum atomic E-state index is 11.5. The molecular formula is C21H28N4O2. The van der Waals surface area contributed by atoms with Gasteiger partial charge in [0.25, 0.3) is 0 Å². The monoisotopic (exact) mass is 368 g/mol. The van der Waals surface area contributed by atoms with Crippen molar-refractivity contribution < 1.29 is 9.53 Å². The van der Waals surface area contributed by atoms with Crippen LogP contribution in [0.4, 0.5) is 0 Å². The molecule has 0 aromatic heterocycles. The number of piperazine rings is 1. The number of hydrogen-bond donors (Lipinski definition) is 1. The number of benzene rings is 2. The van der Waals surface area contributed by atoms with Crippen molar-refractivity contribution in [1.82, 2.24) is 15.1 Å². The average molecular weight is 368 g/mol. The van der Waals surface area contributed by atoms with Crippen molar-refractivity contribution in [3.05, 3.63) is 42.0 Å². The Balaban J connectivity index is 1.71. The van der Waals surface area contributed by atoms with Crippen molar-refractivity contribution in [3.8, 4) is 5.75 Å². The van der Waals surface area contributed by atoms with Gasteiger partial charge in [-0.25, -0.2) is 4.99 Å². The first kappa shape index (κ1) is 19.0. The summed E-state index contributed by atoms with van der Waals surface area (Å²) in [7, 11) is 1.68. The predicted molar refractivity (Wildman–Crippen MR) is 109 cm³/mol. The van der Waals surface area contributed by atoms with Crippen LogP contribution in [0.2, 0.25) is 0 Å². The fourth-order valence-electron chi connectivity index (χ4n) is 3.32. The van der Waals surface area contributed by atoms with Crippen molar-refractivity contribution >= 4 is 22.6 Å². The lowest BCUT2D eigenvalue weighted by Gasteiger charge is -2.36. The minimum atomic E-state index is 0.143. The summed E-state index contributed by atoms with van der Waals surface area (Å²) in [5.41, 5.74) is 1.17. The van der Waals surface area contributed by atoms with Gasteiger partial charge in [0.1, 0.15) is 5.75 Å². The number of carbonyl (C=O) groups is 1. The summed E-state index contributed by atoms with van der Waals surface area (Å²) in [5, 5.41) is 5.72. The molecule has 2 aromatic rings. The van der Waals surface area contributed by atoms with Crippen LogP contribution in [-0.4, -0.2) is 61.5 Å². The van der Waals surface area contributed by atoms with E-state index in [4.69, 9.17) is 9.73 Å². The molecule has 1 aliphatic rings. The predicted octanol–water partition coefficient (Wildman–Crippen LogP) is 2.48. The minimum absolute atomic E-state index is 0.143. The molecule has 0 atom stereocenters. The first-order chi connectivity index (χ1) is 13.1. The van der Waals surface area contributed by atoms with Crippen molar-refractivity contribution in [2.45, 2.75) is 20.4 Å². The number of aliphatic imine (C=N–C) groups is 1. The summed E-state index contributed by atoms with van der Waals surface area (Å²) in [4.78, 5) is 20.5. The zero-order valence-electron chi connectivity index (χ0n) is 16.4. The Kier molecular flexibility index (Phi) is 6.16. The summed E-state index contributed by atoms with van der Waals surface area (Å²) >= 11 is 0. The van der Waals surface area contributed by atoms with E-state index < -0.39 is 0 Å². The maximum Gasteiger partial charge on any atom is 0.219 e. The third kappa shape index (κ3) is 4.70.